The molecule has 1 aromatic carbocycles. The first-order valence-electron chi connectivity index (χ1n) is 15.0. The number of sulfonamides is 1. The van der Waals surface area contributed by atoms with Gasteiger partial charge in [-0.1, -0.05) is 44.2 Å². The fraction of sp³-hybridized carbons (Fsp3) is 0.733. The quantitative estimate of drug-likeness (QED) is 0.370. The van der Waals surface area contributed by atoms with Crippen LogP contribution >= 0.6 is 0 Å². The number of hydrogen-bond acceptors (Lipinski definition) is 7. The molecule has 1 saturated heterocycles. The smallest absolute Gasteiger partial charge is 0.444 e. The van der Waals surface area contributed by atoms with E-state index in [0.29, 0.717) is 18.3 Å². The zero-order valence-corrected chi connectivity index (χ0v) is 27.1. The van der Waals surface area contributed by atoms with Crippen LogP contribution in [0.1, 0.15) is 72.8 Å². The minimum absolute atomic E-state index is 0.0717. The number of carbonyl (C=O) groups excluding carboxylic acids is 2. The van der Waals surface area contributed by atoms with E-state index < -0.39 is 58.1 Å². The van der Waals surface area contributed by atoms with Crippen LogP contribution in [-0.4, -0.2) is 81.0 Å². The number of hydrogen-bond donors (Lipinski definition) is 2. The second-order valence-corrected chi connectivity index (χ2v) is 16.3. The SMILES string of the molecule is CN(C)S(=O)(=O)C[C@H](NC(=O)OC(C)(C)C)C(=O)N[C@@H](CCCc1ccccc1)B1O[C@@H]2C[C@@H]3C[C@@H](C3(C)C)[C@]2(C)O1. The lowest BCUT2D eigenvalue weighted by molar-refractivity contribution is -0.199. The van der Waals surface area contributed by atoms with Gasteiger partial charge in [-0.25, -0.2) is 17.5 Å². The predicted molar refractivity (Wildman–Crippen MR) is 162 cm³/mol. The molecule has 0 aromatic heterocycles. The molecule has 0 spiro atoms. The second kappa shape index (κ2) is 12.1. The Bertz CT molecular complexity index is 1240. The van der Waals surface area contributed by atoms with E-state index in [1.54, 1.807) is 20.8 Å². The molecular weight excluding hydrogens is 557 g/mol. The maximum absolute atomic E-state index is 13.7. The van der Waals surface area contributed by atoms with Crippen molar-refractivity contribution in [1.29, 1.82) is 0 Å². The van der Waals surface area contributed by atoms with Crippen LogP contribution in [0.25, 0.3) is 0 Å². The van der Waals surface area contributed by atoms with Gasteiger partial charge in [0, 0.05) is 14.1 Å². The summed E-state index contributed by atoms with van der Waals surface area (Å²) >= 11 is 0. The van der Waals surface area contributed by atoms with Gasteiger partial charge in [0.2, 0.25) is 15.9 Å². The molecule has 2 N–H and O–H groups in total. The Kier molecular flexibility index (Phi) is 9.43. The summed E-state index contributed by atoms with van der Waals surface area (Å²) in [4.78, 5) is 26.4. The number of nitrogens with one attached hydrogen (secondary N) is 2. The van der Waals surface area contributed by atoms with Gasteiger partial charge in [0.25, 0.3) is 0 Å². The first-order valence-corrected chi connectivity index (χ1v) is 16.6. The monoisotopic (exact) mass is 605 g/mol. The van der Waals surface area contributed by atoms with E-state index in [4.69, 9.17) is 14.0 Å². The van der Waals surface area contributed by atoms with Crippen molar-refractivity contribution in [2.75, 3.05) is 19.8 Å². The molecule has 3 aliphatic carbocycles. The Balaban J connectivity index is 1.53. The largest absolute Gasteiger partial charge is 0.481 e. The van der Waals surface area contributed by atoms with Crippen LogP contribution in [0.2, 0.25) is 0 Å². The molecule has 5 rings (SSSR count). The highest BCUT2D eigenvalue weighted by molar-refractivity contribution is 7.89. The van der Waals surface area contributed by atoms with Crippen LogP contribution in [0, 0.1) is 17.3 Å². The molecule has 3 saturated carbocycles. The molecule has 4 aliphatic rings. The van der Waals surface area contributed by atoms with E-state index in [-0.39, 0.29) is 11.5 Å². The molecule has 42 heavy (non-hydrogen) atoms. The number of ether oxygens (including phenoxy) is 1. The van der Waals surface area contributed by atoms with Gasteiger partial charge >= 0.3 is 13.2 Å². The van der Waals surface area contributed by atoms with Gasteiger partial charge in [-0.15, -0.1) is 0 Å². The van der Waals surface area contributed by atoms with Crippen LogP contribution in [0.4, 0.5) is 4.79 Å². The minimum atomic E-state index is -3.84. The highest BCUT2D eigenvalue weighted by atomic mass is 32.2. The van der Waals surface area contributed by atoms with Crippen LogP contribution in [0.5, 0.6) is 0 Å². The van der Waals surface area contributed by atoms with Crippen molar-refractivity contribution in [2.45, 2.75) is 103 Å². The molecule has 1 aliphatic heterocycles. The molecule has 2 amide bonds. The molecule has 6 atom stereocenters. The molecule has 12 heteroatoms. The number of carbonyl (C=O) groups is 2. The van der Waals surface area contributed by atoms with Crippen LogP contribution < -0.4 is 10.6 Å². The Morgan fingerprint density at radius 2 is 1.79 bits per heavy atom. The number of aryl methyl sites for hydroxylation is 1. The standard InChI is InChI=1S/C30H48BN3O7S/c1-28(2,3)39-27(36)32-22(19-42(37,38)34(7)8)26(35)33-25(16-12-15-20-13-10-9-11-14-20)31-40-24-18-21-17-23(29(21,4)5)30(24,6)41-31/h9-11,13-14,21-25H,12,15-19H2,1-8H3,(H,32,36)(H,33,35)/t21-,22-,23-,24+,25-,30-/m0/s1. The lowest BCUT2D eigenvalue weighted by Crippen LogP contribution is -2.65. The molecule has 0 unspecified atom stereocenters. The highest BCUT2D eigenvalue weighted by Crippen LogP contribution is 2.65. The van der Waals surface area contributed by atoms with E-state index >= 15 is 0 Å². The van der Waals surface area contributed by atoms with Crippen molar-refractivity contribution in [3.05, 3.63) is 35.9 Å². The lowest BCUT2D eigenvalue weighted by atomic mass is 9.43. The average molecular weight is 606 g/mol. The van der Waals surface area contributed by atoms with Crippen molar-refractivity contribution in [3.8, 4) is 0 Å². The molecular formula is C30H48BN3O7S. The second-order valence-electron chi connectivity index (χ2n) is 14.1. The summed E-state index contributed by atoms with van der Waals surface area (Å²) in [5.41, 5.74) is 0.0596. The Labute approximate surface area is 251 Å². The van der Waals surface area contributed by atoms with E-state index in [1.807, 2.05) is 18.2 Å². The predicted octanol–water partition coefficient (Wildman–Crippen LogP) is 3.55. The van der Waals surface area contributed by atoms with Crippen molar-refractivity contribution in [2.24, 2.45) is 17.3 Å². The normalized spacial score (nSPS) is 27.9. The first-order chi connectivity index (χ1) is 19.4. The number of amides is 2. The zero-order chi connectivity index (χ0) is 31.1. The van der Waals surface area contributed by atoms with Crippen LogP contribution in [0.15, 0.2) is 30.3 Å². The van der Waals surface area contributed by atoms with Crippen molar-refractivity contribution in [3.63, 3.8) is 0 Å². The molecule has 4 fully saturated rings. The van der Waals surface area contributed by atoms with Gasteiger partial charge in [-0.05, 0) is 82.6 Å². The van der Waals surface area contributed by atoms with Crippen molar-refractivity contribution < 1.29 is 32.1 Å². The maximum Gasteiger partial charge on any atom is 0.481 e. The lowest BCUT2D eigenvalue weighted by Gasteiger charge is -2.64. The maximum atomic E-state index is 13.7. The van der Waals surface area contributed by atoms with Crippen molar-refractivity contribution in [1.82, 2.24) is 14.9 Å². The highest BCUT2D eigenvalue weighted by Gasteiger charge is 2.68. The average Bonchev–Trinajstić information content (AvgIpc) is 3.24. The molecule has 234 valence electrons. The molecule has 0 radical (unpaired) electrons. The fourth-order valence-corrected chi connectivity index (χ4v) is 7.75. The summed E-state index contributed by atoms with van der Waals surface area (Å²) in [7, 11) is -1.76. The van der Waals surface area contributed by atoms with Crippen molar-refractivity contribution >= 4 is 29.1 Å². The first kappa shape index (κ1) is 32.8. The van der Waals surface area contributed by atoms with Gasteiger partial charge in [0.1, 0.15) is 11.6 Å². The van der Waals surface area contributed by atoms with E-state index in [0.717, 1.165) is 30.0 Å². The van der Waals surface area contributed by atoms with E-state index in [1.165, 1.54) is 19.7 Å². The Morgan fingerprint density at radius 3 is 2.38 bits per heavy atom. The zero-order valence-electron chi connectivity index (χ0n) is 26.3. The van der Waals surface area contributed by atoms with Gasteiger partial charge in [-0.3, -0.25) is 4.79 Å². The summed E-state index contributed by atoms with van der Waals surface area (Å²) < 4.78 is 45.2. The topological polar surface area (TPSA) is 123 Å². The molecule has 1 heterocycles. The third-order valence-corrected chi connectivity index (χ3v) is 11.3. The summed E-state index contributed by atoms with van der Waals surface area (Å²) in [6, 6.07) is 8.71. The molecule has 1 aromatic rings. The van der Waals surface area contributed by atoms with E-state index in [2.05, 4.69) is 43.5 Å². The van der Waals surface area contributed by atoms with Crippen LogP contribution in [-0.2, 0) is 35.3 Å². The molecule has 10 nitrogen and oxygen atoms in total. The molecule has 2 bridgehead atoms. The summed E-state index contributed by atoms with van der Waals surface area (Å²) in [5.74, 6) is -0.868. The van der Waals surface area contributed by atoms with Gasteiger partial charge in [0.05, 0.1) is 23.4 Å². The Morgan fingerprint density at radius 1 is 1.12 bits per heavy atom. The summed E-state index contributed by atoms with van der Waals surface area (Å²) in [6.45, 7) is 11.8. The number of alkyl carbamates (subject to hydrolysis) is 1. The summed E-state index contributed by atoms with van der Waals surface area (Å²) in [5, 5.41) is 5.49. The Hall–Kier alpha value is -2.15. The minimum Gasteiger partial charge on any atom is -0.444 e. The third-order valence-electron chi connectivity index (χ3n) is 9.39. The summed E-state index contributed by atoms with van der Waals surface area (Å²) in [6.07, 6.45) is 3.16. The number of benzene rings is 1. The number of nitrogens with zero attached hydrogens (tertiary/aromatic N) is 1. The van der Waals surface area contributed by atoms with Gasteiger partial charge in [0.15, 0.2) is 0 Å². The fourth-order valence-electron chi connectivity index (χ4n) is 6.79. The van der Waals surface area contributed by atoms with Gasteiger partial charge in [-0.2, -0.15) is 0 Å². The third kappa shape index (κ3) is 7.14. The van der Waals surface area contributed by atoms with Gasteiger partial charge < -0.3 is 24.7 Å². The number of rotatable bonds is 11. The van der Waals surface area contributed by atoms with E-state index in [9.17, 15) is 18.0 Å². The van der Waals surface area contributed by atoms with Crippen LogP contribution in [0.3, 0.4) is 0 Å².